The van der Waals surface area contributed by atoms with Crippen molar-refractivity contribution in [2.75, 3.05) is 26.8 Å². The molecule has 1 heterocycles. The molecule has 17 heavy (non-hydrogen) atoms. The second kappa shape index (κ2) is 7.18. The highest BCUT2D eigenvalue weighted by molar-refractivity contribution is 7.75. The Morgan fingerprint density at radius 2 is 1.29 bits per heavy atom. The molecule has 96 valence electrons. The largest absolute Gasteiger partial charge is 0.360 e. The van der Waals surface area contributed by atoms with Crippen molar-refractivity contribution in [1.82, 2.24) is 14.2 Å². The molecule has 0 amide bonds. The second-order valence-corrected chi connectivity index (χ2v) is 5.86. The molecule has 1 rings (SSSR count). The first-order valence-electron chi connectivity index (χ1n) is 7.06. The molecule has 0 saturated carbocycles. The first kappa shape index (κ1) is 15.6. The molecule has 1 aliphatic heterocycles. The van der Waals surface area contributed by atoms with Gasteiger partial charge in [0.15, 0.2) is 0 Å². The van der Waals surface area contributed by atoms with Crippen LogP contribution in [0.25, 0.3) is 0 Å². The molecule has 7 heteroatoms. The van der Waals surface area contributed by atoms with E-state index in [1.807, 2.05) is 0 Å². The van der Waals surface area contributed by atoms with Crippen molar-refractivity contribution in [2.24, 2.45) is 0 Å². The second-order valence-electron chi connectivity index (χ2n) is 4.77. The molecule has 1 fully saturated rings. The van der Waals surface area contributed by atoms with Gasteiger partial charge >= 0.3 is 6.70 Å². The van der Waals surface area contributed by atoms with Crippen molar-refractivity contribution in [2.45, 2.75) is 40.3 Å². The maximum atomic E-state index is 2.67. The van der Waals surface area contributed by atoms with E-state index in [9.17, 15) is 0 Å². The summed E-state index contributed by atoms with van der Waals surface area (Å²) in [6.45, 7) is 15.8. The van der Waals surface area contributed by atoms with Gasteiger partial charge in [-0.2, -0.15) is 0 Å². The van der Waals surface area contributed by atoms with Gasteiger partial charge in [0.25, 0.3) is 14.0 Å². The normalized spacial score (nSPS) is 21.2. The summed E-state index contributed by atoms with van der Waals surface area (Å²) in [6.07, 6.45) is 2.44. The SMILES string of the molecule is CCB1N(C)B(CC)N(CC)B(PC)N1CC. The molecule has 1 saturated heterocycles. The van der Waals surface area contributed by atoms with Gasteiger partial charge in [-0.25, -0.2) is 0 Å². The molecule has 3 nitrogen and oxygen atoms in total. The number of rotatable bonds is 5. The molecule has 0 N–H and O–H groups in total. The smallest absolute Gasteiger partial charge is 0.316 e. The number of nitrogens with zero attached hydrogens (tertiary/aromatic N) is 3. The monoisotopic (exact) mass is 253 g/mol. The zero-order valence-electron chi connectivity index (χ0n) is 12.4. The van der Waals surface area contributed by atoms with Crippen LogP contribution in [0, 0.1) is 0 Å². The van der Waals surface area contributed by atoms with E-state index in [0.717, 1.165) is 21.5 Å². The van der Waals surface area contributed by atoms with E-state index in [0.29, 0.717) is 20.7 Å². The van der Waals surface area contributed by atoms with Crippen LogP contribution in [0.2, 0.25) is 12.6 Å². The molecule has 0 aliphatic carbocycles. The van der Waals surface area contributed by atoms with Crippen LogP contribution >= 0.6 is 8.46 Å². The predicted molar refractivity (Wildman–Crippen MR) is 85.0 cm³/mol. The third-order valence-corrected chi connectivity index (χ3v) is 5.23. The Morgan fingerprint density at radius 1 is 0.882 bits per heavy atom. The van der Waals surface area contributed by atoms with Gasteiger partial charge in [0.2, 0.25) is 0 Å². The van der Waals surface area contributed by atoms with Crippen molar-refractivity contribution in [3.05, 3.63) is 0 Å². The lowest BCUT2D eigenvalue weighted by Gasteiger charge is -2.52. The van der Waals surface area contributed by atoms with Gasteiger partial charge in [0.05, 0.1) is 0 Å². The summed E-state index contributed by atoms with van der Waals surface area (Å²) >= 11 is 0. The van der Waals surface area contributed by atoms with E-state index >= 15 is 0 Å². The lowest BCUT2D eigenvalue weighted by Crippen LogP contribution is -2.75. The van der Waals surface area contributed by atoms with Gasteiger partial charge in [-0.3, -0.25) is 0 Å². The van der Waals surface area contributed by atoms with E-state index in [-0.39, 0.29) is 0 Å². The molecule has 1 atom stereocenters. The number of hydrogen-bond donors (Lipinski definition) is 0. The molecule has 0 radical (unpaired) electrons. The molecule has 0 aromatic rings. The molecule has 0 bridgehead atoms. The van der Waals surface area contributed by atoms with Crippen LogP contribution in [-0.2, 0) is 0 Å². The van der Waals surface area contributed by atoms with Crippen molar-refractivity contribution in [1.29, 1.82) is 0 Å². The summed E-state index contributed by atoms with van der Waals surface area (Å²) in [7, 11) is 3.27. The first-order chi connectivity index (χ1) is 8.15. The maximum absolute atomic E-state index is 2.67. The Bertz CT molecular complexity index is 215. The van der Waals surface area contributed by atoms with Gasteiger partial charge in [-0.05, 0) is 32.8 Å². The van der Waals surface area contributed by atoms with Crippen molar-refractivity contribution < 1.29 is 0 Å². The van der Waals surface area contributed by atoms with Crippen LogP contribution in [-0.4, -0.2) is 61.6 Å². The Balaban J connectivity index is 2.99. The van der Waals surface area contributed by atoms with E-state index in [2.05, 4.69) is 55.6 Å². The number of hydrogen-bond acceptors (Lipinski definition) is 3. The van der Waals surface area contributed by atoms with Crippen molar-refractivity contribution >= 4 is 29.1 Å². The fourth-order valence-electron chi connectivity index (χ4n) is 3.33. The standard InChI is InChI=1S/C10H27B3N3P/c1-7-11-14(5)12(8-2)16(10-4)13(17-6)15(11)9-3/h17H,7-10H2,1-6H3. The summed E-state index contributed by atoms with van der Waals surface area (Å²) in [6, 6.07) is 0. The average Bonchev–Trinajstić information content (AvgIpc) is 2.36. The van der Waals surface area contributed by atoms with Crippen LogP contribution in [0.1, 0.15) is 27.7 Å². The van der Waals surface area contributed by atoms with E-state index in [1.165, 1.54) is 12.6 Å². The quantitative estimate of drug-likeness (QED) is 0.547. The minimum Gasteiger partial charge on any atom is -0.360 e. The van der Waals surface area contributed by atoms with Crippen LogP contribution in [0.3, 0.4) is 0 Å². The molecular formula is C10H27B3N3P. The highest BCUT2D eigenvalue weighted by Crippen LogP contribution is 2.29. The van der Waals surface area contributed by atoms with Crippen LogP contribution in [0.4, 0.5) is 0 Å². The minimum absolute atomic E-state index is 0.616. The fourth-order valence-corrected chi connectivity index (χ4v) is 4.70. The third kappa shape index (κ3) is 2.92. The van der Waals surface area contributed by atoms with Crippen LogP contribution < -0.4 is 0 Å². The van der Waals surface area contributed by atoms with E-state index < -0.39 is 0 Å². The van der Waals surface area contributed by atoms with Crippen molar-refractivity contribution in [3.63, 3.8) is 0 Å². The molecule has 1 aliphatic rings. The molecule has 0 spiro atoms. The topological polar surface area (TPSA) is 9.72 Å². The summed E-state index contributed by atoms with van der Waals surface area (Å²) in [5.74, 6) is 0. The Morgan fingerprint density at radius 3 is 1.53 bits per heavy atom. The van der Waals surface area contributed by atoms with Gasteiger partial charge in [-0.15, -0.1) is 8.46 Å². The summed E-state index contributed by atoms with van der Waals surface area (Å²) in [5.41, 5.74) is 0. The van der Waals surface area contributed by atoms with Crippen molar-refractivity contribution in [3.8, 4) is 0 Å². The molecular weight excluding hydrogens is 226 g/mol. The van der Waals surface area contributed by atoms with Gasteiger partial charge in [0, 0.05) is 0 Å². The minimum atomic E-state index is 0.616. The Labute approximate surface area is 111 Å². The summed E-state index contributed by atoms with van der Waals surface area (Å²) < 4.78 is 7.92. The maximum Gasteiger partial charge on any atom is 0.316 e. The zero-order chi connectivity index (χ0) is 13.0. The van der Waals surface area contributed by atoms with Gasteiger partial charge in [0.1, 0.15) is 0 Å². The lowest BCUT2D eigenvalue weighted by atomic mass is 9.47. The lowest BCUT2D eigenvalue weighted by molar-refractivity contribution is 0.485. The molecule has 1 unspecified atom stereocenters. The average molecular weight is 253 g/mol. The van der Waals surface area contributed by atoms with E-state index in [1.54, 1.807) is 0 Å². The Hall–Kier alpha value is 0.505. The molecule has 0 aromatic carbocycles. The summed E-state index contributed by atoms with van der Waals surface area (Å²) in [4.78, 5) is 0. The fraction of sp³-hybridized carbons (Fsp3) is 1.00. The predicted octanol–water partition coefficient (Wildman–Crippen LogP) is 1.88. The molecule has 0 aromatic heterocycles. The first-order valence-corrected chi connectivity index (χ1v) is 8.64. The Kier molecular flexibility index (Phi) is 6.57. The zero-order valence-corrected chi connectivity index (χ0v) is 13.4. The highest BCUT2D eigenvalue weighted by atomic mass is 31.1. The van der Waals surface area contributed by atoms with Crippen LogP contribution in [0.15, 0.2) is 0 Å². The van der Waals surface area contributed by atoms with Gasteiger partial charge < -0.3 is 14.2 Å². The van der Waals surface area contributed by atoms with Gasteiger partial charge in [-0.1, -0.05) is 34.4 Å². The summed E-state index contributed by atoms with van der Waals surface area (Å²) in [5, 5.41) is 0. The van der Waals surface area contributed by atoms with Crippen LogP contribution in [0.5, 0.6) is 0 Å². The van der Waals surface area contributed by atoms with E-state index in [4.69, 9.17) is 0 Å². The highest BCUT2D eigenvalue weighted by Gasteiger charge is 2.47. The third-order valence-electron chi connectivity index (χ3n) is 4.05.